The lowest BCUT2D eigenvalue weighted by Crippen LogP contribution is -2.23. The van der Waals surface area contributed by atoms with Crippen LogP contribution in [0.5, 0.6) is 0 Å². The largest absolute Gasteiger partial charge is 0.478 e. The second-order valence-corrected chi connectivity index (χ2v) is 5.01. The fourth-order valence-electron chi connectivity index (χ4n) is 2.52. The molecular weight excluding hydrogens is 214 g/mol. The number of carboxylic acids is 1. The van der Waals surface area contributed by atoms with Crippen molar-refractivity contribution in [3.63, 3.8) is 0 Å². The third-order valence-corrected chi connectivity index (χ3v) is 3.61. The lowest BCUT2D eigenvalue weighted by Gasteiger charge is -2.20. The van der Waals surface area contributed by atoms with E-state index < -0.39 is 5.97 Å². The van der Waals surface area contributed by atoms with E-state index in [1.807, 2.05) is 19.1 Å². The number of carboxylic acid groups (broad SMARTS) is 1. The van der Waals surface area contributed by atoms with E-state index in [9.17, 15) is 9.90 Å². The van der Waals surface area contributed by atoms with E-state index >= 15 is 0 Å². The average molecular weight is 233 g/mol. The van der Waals surface area contributed by atoms with Gasteiger partial charge >= 0.3 is 5.97 Å². The molecule has 3 heteroatoms. The van der Waals surface area contributed by atoms with Gasteiger partial charge in [-0.2, -0.15) is 0 Å². The van der Waals surface area contributed by atoms with Gasteiger partial charge in [0.25, 0.3) is 0 Å². The van der Waals surface area contributed by atoms with Crippen LogP contribution in [0.4, 0.5) is 5.69 Å². The van der Waals surface area contributed by atoms with Crippen LogP contribution in [0.15, 0.2) is 18.2 Å². The van der Waals surface area contributed by atoms with E-state index in [-0.39, 0.29) is 0 Å². The molecule has 2 atom stereocenters. The number of aryl methyl sites for hydroxylation is 1. The maximum Gasteiger partial charge on any atom is 0.337 e. The summed E-state index contributed by atoms with van der Waals surface area (Å²) in [6, 6.07) is 5.97. The molecule has 1 aliphatic carbocycles. The third-order valence-electron chi connectivity index (χ3n) is 3.61. The van der Waals surface area contributed by atoms with Gasteiger partial charge in [-0.3, -0.25) is 0 Å². The first-order valence-electron chi connectivity index (χ1n) is 6.18. The van der Waals surface area contributed by atoms with Gasteiger partial charge in [-0.25, -0.2) is 4.79 Å². The molecule has 0 amide bonds. The molecule has 0 aromatic heterocycles. The van der Waals surface area contributed by atoms with Crippen molar-refractivity contribution in [2.75, 3.05) is 5.32 Å². The van der Waals surface area contributed by atoms with E-state index in [1.54, 1.807) is 6.07 Å². The van der Waals surface area contributed by atoms with Crippen molar-refractivity contribution < 1.29 is 9.90 Å². The van der Waals surface area contributed by atoms with Crippen LogP contribution in [0.3, 0.4) is 0 Å². The zero-order chi connectivity index (χ0) is 12.4. The molecule has 3 nitrogen and oxygen atoms in total. The van der Waals surface area contributed by atoms with Crippen LogP contribution in [0.1, 0.15) is 42.1 Å². The van der Waals surface area contributed by atoms with Gasteiger partial charge in [0.2, 0.25) is 0 Å². The molecular formula is C14H19NO2. The average Bonchev–Trinajstić information content (AvgIpc) is 2.67. The SMILES string of the molecule is Cc1ccc(NC2CCCC2C)c(C(=O)O)c1. The van der Waals surface area contributed by atoms with Gasteiger partial charge in [0, 0.05) is 11.7 Å². The minimum atomic E-state index is -0.859. The first kappa shape index (κ1) is 12.0. The van der Waals surface area contributed by atoms with Crippen LogP contribution >= 0.6 is 0 Å². The molecule has 0 spiro atoms. The molecule has 1 fully saturated rings. The van der Waals surface area contributed by atoms with Crippen LogP contribution < -0.4 is 5.32 Å². The van der Waals surface area contributed by atoms with Crippen molar-refractivity contribution in [2.45, 2.75) is 39.2 Å². The summed E-state index contributed by atoms with van der Waals surface area (Å²) in [6.07, 6.45) is 3.59. The minimum absolute atomic E-state index is 0.379. The molecule has 1 saturated carbocycles. The first-order valence-corrected chi connectivity index (χ1v) is 6.18. The molecule has 1 aromatic rings. The number of anilines is 1. The molecule has 0 radical (unpaired) electrons. The third kappa shape index (κ3) is 2.60. The highest BCUT2D eigenvalue weighted by molar-refractivity contribution is 5.94. The highest BCUT2D eigenvalue weighted by Crippen LogP contribution is 2.29. The molecule has 1 aromatic carbocycles. The lowest BCUT2D eigenvalue weighted by atomic mass is 10.0. The Kier molecular flexibility index (Phi) is 3.36. The second kappa shape index (κ2) is 4.78. The number of carbonyl (C=O) groups is 1. The first-order chi connectivity index (χ1) is 8.08. The predicted molar refractivity (Wildman–Crippen MR) is 68.6 cm³/mol. The van der Waals surface area contributed by atoms with E-state index in [1.165, 1.54) is 12.8 Å². The van der Waals surface area contributed by atoms with Gasteiger partial charge < -0.3 is 10.4 Å². The standard InChI is InChI=1S/C14H19NO2/c1-9-6-7-13(11(8-9)14(16)17)15-12-5-3-4-10(12)2/h6-8,10,12,15H,3-5H2,1-2H3,(H,16,17). The van der Waals surface area contributed by atoms with Crippen molar-refractivity contribution in [2.24, 2.45) is 5.92 Å². The summed E-state index contributed by atoms with van der Waals surface area (Å²) in [7, 11) is 0. The van der Waals surface area contributed by atoms with E-state index in [4.69, 9.17) is 0 Å². The lowest BCUT2D eigenvalue weighted by molar-refractivity contribution is 0.0697. The van der Waals surface area contributed by atoms with Crippen molar-refractivity contribution in [1.82, 2.24) is 0 Å². The number of nitrogens with one attached hydrogen (secondary N) is 1. The predicted octanol–water partition coefficient (Wildman–Crippen LogP) is 3.29. The van der Waals surface area contributed by atoms with Crippen molar-refractivity contribution >= 4 is 11.7 Å². The summed E-state index contributed by atoms with van der Waals surface area (Å²) < 4.78 is 0. The van der Waals surface area contributed by atoms with E-state index in [0.717, 1.165) is 17.7 Å². The second-order valence-electron chi connectivity index (χ2n) is 5.01. The maximum atomic E-state index is 11.2. The Bertz CT molecular complexity index is 428. The maximum absolute atomic E-state index is 11.2. The normalized spacial score (nSPS) is 23.6. The molecule has 17 heavy (non-hydrogen) atoms. The zero-order valence-corrected chi connectivity index (χ0v) is 10.4. The van der Waals surface area contributed by atoms with Crippen LogP contribution in [-0.4, -0.2) is 17.1 Å². The summed E-state index contributed by atoms with van der Waals surface area (Å²) in [4.78, 5) is 11.2. The monoisotopic (exact) mass is 233 g/mol. The Labute approximate surface area is 102 Å². The molecule has 92 valence electrons. The van der Waals surface area contributed by atoms with Crippen LogP contribution in [0.25, 0.3) is 0 Å². The van der Waals surface area contributed by atoms with Crippen LogP contribution in [-0.2, 0) is 0 Å². The zero-order valence-electron chi connectivity index (χ0n) is 10.4. The van der Waals surface area contributed by atoms with Gasteiger partial charge in [0.05, 0.1) is 5.56 Å². The number of benzene rings is 1. The molecule has 0 bridgehead atoms. The topological polar surface area (TPSA) is 49.3 Å². The highest BCUT2D eigenvalue weighted by Gasteiger charge is 2.24. The molecule has 0 saturated heterocycles. The van der Waals surface area contributed by atoms with Gasteiger partial charge in [0.1, 0.15) is 0 Å². The number of rotatable bonds is 3. The van der Waals surface area contributed by atoms with E-state index in [0.29, 0.717) is 17.5 Å². The van der Waals surface area contributed by atoms with E-state index in [2.05, 4.69) is 12.2 Å². The summed E-state index contributed by atoms with van der Waals surface area (Å²) in [5.41, 5.74) is 2.11. The smallest absolute Gasteiger partial charge is 0.337 e. The Balaban J connectivity index is 2.22. The number of hydrogen-bond donors (Lipinski definition) is 2. The number of aromatic carboxylic acids is 1. The Morgan fingerprint density at radius 2 is 2.18 bits per heavy atom. The number of hydrogen-bond acceptors (Lipinski definition) is 2. The summed E-state index contributed by atoms with van der Waals surface area (Å²) in [5, 5.41) is 12.6. The molecule has 0 heterocycles. The summed E-state index contributed by atoms with van der Waals surface area (Å²) >= 11 is 0. The van der Waals surface area contributed by atoms with Gasteiger partial charge in [0.15, 0.2) is 0 Å². The van der Waals surface area contributed by atoms with Crippen LogP contribution in [0, 0.1) is 12.8 Å². The quantitative estimate of drug-likeness (QED) is 0.842. The molecule has 2 rings (SSSR count). The van der Waals surface area contributed by atoms with Crippen molar-refractivity contribution in [3.05, 3.63) is 29.3 Å². The van der Waals surface area contributed by atoms with Gasteiger partial charge in [-0.15, -0.1) is 0 Å². The molecule has 2 unspecified atom stereocenters. The highest BCUT2D eigenvalue weighted by atomic mass is 16.4. The Morgan fingerprint density at radius 1 is 1.41 bits per heavy atom. The van der Waals surface area contributed by atoms with Gasteiger partial charge in [-0.1, -0.05) is 25.0 Å². The Hall–Kier alpha value is -1.51. The molecule has 0 aliphatic heterocycles. The molecule has 2 N–H and O–H groups in total. The fourth-order valence-corrected chi connectivity index (χ4v) is 2.52. The minimum Gasteiger partial charge on any atom is -0.478 e. The van der Waals surface area contributed by atoms with Crippen molar-refractivity contribution in [1.29, 1.82) is 0 Å². The summed E-state index contributed by atoms with van der Waals surface area (Å²) in [6.45, 7) is 4.13. The Morgan fingerprint density at radius 3 is 2.76 bits per heavy atom. The van der Waals surface area contributed by atoms with Crippen molar-refractivity contribution in [3.8, 4) is 0 Å². The fraction of sp³-hybridized carbons (Fsp3) is 0.500. The van der Waals surface area contributed by atoms with Gasteiger partial charge in [-0.05, 0) is 37.8 Å². The molecule has 1 aliphatic rings. The van der Waals surface area contributed by atoms with Crippen LogP contribution in [0.2, 0.25) is 0 Å². The summed E-state index contributed by atoms with van der Waals surface area (Å²) in [5.74, 6) is -0.236.